The van der Waals surface area contributed by atoms with Crippen LogP contribution in [-0.4, -0.2) is 37.4 Å². The SMILES string of the molecule is Cc1cc(Nc2cc(C(F)(F)F)ccn2)nc(-c2cn(C(C)C(=O)NCCc3cccc4ccccc34)nn2)c1. The minimum Gasteiger partial charge on any atom is -0.354 e. The van der Waals surface area contributed by atoms with Gasteiger partial charge < -0.3 is 10.6 Å². The second-order valence-electron chi connectivity index (χ2n) is 9.41. The van der Waals surface area contributed by atoms with Crippen molar-refractivity contribution in [2.75, 3.05) is 11.9 Å². The fraction of sp³-hybridized carbons (Fsp3) is 0.207. The molecule has 1 amide bonds. The minimum absolute atomic E-state index is 0.0105. The molecular formula is C29H26F3N7O. The molecule has 0 saturated carbocycles. The summed E-state index contributed by atoms with van der Waals surface area (Å²) in [5, 5.41) is 16.4. The van der Waals surface area contributed by atoms with E-state index < -0.39 is 17.8 Å². The number of pyridine rings is 2. The van der Waals surface area contributed by atoms with E-state index in [1.165, 1.54) is 4.68 Å². The van der Waals surface area contributed by atoms with Crippen LogP contribution in [0.15, 0.2) is 79.1 Å². The highest BCUT2D eigenvalue weighted by molar-refractivity contribution is 5.86. The maximum absolute atomic E-state index is 13.1. The van der Waals surface area contributed by atoms with E-state index in [2.05, 4.69) is 55.2 Å². The molecule has 3 aromatic heterocycles. The first-order chi connectivity index (χ1) is 19.2. The monoisotopic (exact) mass is 545 g/mol. The first kappa shape index (κ1) is 26.8. The molecule has 0 spiro atoms. The molecule has 0 aliphatic heterocycles. The van der Waals surface area contributed by atoms with Crippen LogP contribution in [0.3, 0.4) is 0 Å². The average Bonchev–Trinajstić information content (AvgIpc) is 3.43. The molecule has 0 saturated heterocycles. The lowest BCUT2D eigenvalue weighted by molar-refractivity contribution is -0.137. The van der Waals surface area contributed by atoms with Gasteiger partial charge in [-0.1, -0.05) is 47.7 Å². The molecule has 0 fully saturated rings. The van der Waals surface area contributed by atoms with Gasteiger partial charge >= 0.3 is 6.18 Å². The number of carbonyl (C=O) groups excluding carboxylic acids is 1. The summed E-state index contributed by atoms with van der Waals surface area (Å²) >= 11 is 0. The number of fused-ring (bicyclic) bond motifs is 1. The Morgan fingerprint density at radius 2 is 1.80 bits per heavy atom. The zero-order chi connectivity index (χ0) is 28.3. The van der Waals surface area contributed by atoms with Gasteiger partial charge in [-0.25, -0.2) is 14.6 Å². The van der Waals surface area contributed by atoms with Crippen molar-refractivity contribution in [1.29, 1.82) is 0 Å². The van der Waals surface area contributed by atoms with Crippen LogP contribution < -0.4 is 10.6 Å². The predicted molar refractivity (Wildman–Crippen MR) is 146 cm³/mol. The van der Waals surface area contributed by atoms with E-state index in [4.69, 9.17) is 0 Å². The van der Waals surface area contributed by atoms with Crippen LogP contribution in [0.25, 0.3) is 22.2 Å². The number of hydrogen-bond donors (Lipinski definition) is 2. The van der Waals surface area contributed by atoms with Crippen molar-refractivity contribution in [2.45, 2.75) is 32.5 Å². The zero-order valence-electron chi connectivity index (χ0n) is 21.8. The summed E-state index contributed by atoms with van der Waals surface area (Å²) in [6.45, 7) is 4.02. The van der Waals surface area contributed by atoms with Crippen LogP contribution >= 0.6 is 0 Å². The van der Waals surface area contributed by atoms with E-state index in [1.807, 2.05) is 25.1 Å². The van der Waals surface area contributed by atoms with Crippen molar-refractivity contribution in [3.8, 4) is 11.4 Å². The molecule has 0 radical (unpaired) electrons. The number of carbonyl (C=O) groups is 1. The number of benzene rings is 2. The smallest absolute Gasteiger partial charge is 0.354 e. The number of aromatic nitrogens is 5. The third-order valence-corrected chi connectivity index (χ3v) is 6.44. The van der Waals surface area contributed by atoms with Crippen molar-refractivity contribution in [2.24, 2.45) is 0 Å². The molecule has 0 aliphatic carbocycles. The Bertz CT molecular complexity index is 1660. The van der Waals surface area contributed by atoms with E-state index in [0.29, 0.717) is 30.2 Å². The third kappa shape index (κ3) is 6.09. The lowest BCUT2D eigenvalue weighted by Crippen LogP contribution is -2.32. The van der Waals surface area contributed by atoms with Crippen molar-refractivity contribution in [3.05, 3.63) is 95.8 Å². The molecule has 0 bridgehead atoms. The average molecular weight is 546 g/mol. The van der Waals surface area contributed by atoms with Gasteiger partial charge in [-0.15, -0.1) is 5.10 Å². The fourth-order valence-corrected chi connectivity index (χ4v) is 4.35. The molecule has 5 rings (SSSR count). The summed E-state index contributed by atoms with van der Waals surface area (Å²) in [5.74, 6) is 0.110. The Balaban J connectivity index is 1.25. The maximum atomic E-state index is 13.1. The predicted octanol–water partition coefficient (Wildman–Crippen LogP) is 5.88. The molecule has 11 heteroatoms. The highest BCUT2D eigenvalue weighted by Gasteiger charge is 2.30. The van der Waals surface area contributed by atoms with E-state index in [1.54, 1.807) is 25.3 Å². The van der Waals surface area contributed by atoms with Crippen molar-refractivity contribution < 1.29 is 18.0 Å². The number of amides is 1. The summed E-state index contributed by atoms with van der Waals surface area (Å²) in [7, 11) is 0. The number of nitrogens with zero attached hydrogens (tertiary/aromatic N) is 5. The molecule has 40 heavy (non-hydrogen) atoms. The number of hydrogen-bond acceptors (Lipinski definition) is 6. The molecule has 5 aromatic rings. The van der Waals surface area contributed by atoms with E-state index in [0.717, 1.165) is 40.2 Å². The number of alkyl halides is 3. The number of anilines is 2. The van der Waals surface area contributed by atoms with Gasteiger partial charge in [-0.2, -0.15) is 13.2 Å². The summed E-state index contributed by atoms with van der Waals surface area (Å²) in [4.78, 5) is 21.3. The summed E-state index contributed by atoms with van der Waals surface area (Å²) < 4.78 is 40.7. The largest absolute Gasteiger partial charge is 0.416 e. The molecule has 1 atom stereocenters. The molecule has 2 N–H and O–H groups in total. The zero-order valence-corrected chi connectivity index (χ0v) is 21.8. The van der Waals surface area contributed by atoms with Crippen LogP contribution in [0.5, 0.6) is 0 Å². The van der Waals surface area contributed by atoms with Gasteiger partial charge in [-0.05, 0) is 66.4 Å². The van der Waals surface area contributed by atoms with Gasteiger partial charge in [0.2, 0.25) is 5.91 Å². The second kappa shape index (κ2) is 11.1. The first-order valence-electron chi connectivity index (χ1n) is 12.6. The topological polar surface area (TPSA) is 97.6 Å². The molecule has 204 valence electrons. The lowest BCUT2D eigenvalue weighted by Gasteiger charge is -2.13. The minimum atomic E-state index is -4.48. The van der Waals surface area contributed by atoms with Crippen LogP contribution in [-0.2, 0) is 17.4 Å². The van der Waals surface area contributed by atoms with E-state index in [-0.39, 0.29) is 11.7 Å². The van der Waals surface area contributed by atoms with E-state index in [9.17, 15) is 18.0 Å². The highest BCUT2D eigenvalue weighted by atomic mass is 19.4. The maximum Gasteiger partial charge on any atom is 0.416 e. The third-order valence-electron chi connectivity index (χ3n) is 6.44. The Kier molecular flexibility index (Phi) is 7.45. The normalized spacial score (nSPS) is 12.3. The number of halogens is 3. The van der Waals surface area contributed by atoms with E-state index >= 15 is 0 Å². The van der Waals surface area contributed by atoms with Crippen LogP contribution in [0.4, 0.5) is 24.8 Å². The summed E-state index contributed by atoms with van der Waals surface area (Å²) in [6.07, 6.45) is -1.10. The Labute approximate surface area is 228 Å². The summed E-state index contributed by atoms with van der Waals surface area (Å²) in [6, 6.07) is 18.9. The highest BCUT2D eigenvalue weighted by Crippen LogP contribution is 2.31. The number of nitrogens with one attached hydrogen (secondary N) is 2. The van der Waals surface area contributed by atoms with Gasteiger partial charge in [-0.3, -0.25) is 4.79 Å². The standard InChI is InChI=1S/C29H26F3N7O/c1-18-14-24(35-27(15-18)36-26-16-22(11-13-33-26)29(30,31)32)25-17-39(38-37-25)19(2)28(40)34-12-10-21-8-5-7-20-6-3-4-9-23(20)21/h3-9,11,13-17,19H,10,12H2,1-2H3,(H,34,40)(H,33,35,36). The molecule has 0 aliphatic rings. The molecular weight excluding hydrogens is 519 g/mol. The molecule has 1 unspecified atom stereocenters. The van der Waals surface area contributed by atoms with Crippen molar-refractivity contribution >= 4 is 28.3 Å². The second-order valence-corrected chi connectivity index (χ2v) is 9.41. The van der Waals surface area contributed by atoms with Crippen LogP contribution in [0, 0.1) is 6.92 Å². The van der Waals surface area contributed by atoms with Crippen molar-refractivity contribution in [3.63, 3.8) is 0 Å². The van der Waals surface area contributed by atoms with Crippen LogP contribution in [0.2, 0.25) is 0 Å². The Morgan fingerprint density at radius 3 is 2.62 bits per heavy atom. The number of aryl methyl sites for hydroxylation is 1. The van der Waals surface area contributed by atoms with Gasteiger partial charge in [0.05, 0.1) is 17.5 Å². The first-order valence-corrected chi connectivity index (χ1v) is 12.6. The Hall–Kier alpha value is -4.80. The van der Waals surface area contributed by atoms with Gasteiger partial charge in [0.15, 0.2) is 0 Å². The lowest BCUT2D eigenvalue weighted by atomic mass is 10.0. The fourth-order valence-electron chi connectivity index (χ4n) is 4.35. The number of rotatable bonds is 8. The quantitative estimate of drug-likeness (QED) is 0.253. The van der Waals surface area contributed by atoms with Gasteiger partial charge in [0.25, 0.3) is 0 Å². The van der Waals surface area contributed by atoms with Crippen LogP contribution in [0.1, 0.15) is 29.7 Å². The van der Waals surface area contributed by atoms with Gasteiger partial charge in [0, 0.05) is 12.7 Å². The van der Waals surface area contributed by atoms with Gasteiger partial charge in [0.1, 0.15) is 23.4 Å². The molecule has 8 nitrogen and oxygen atoms in total. The molecule has 2 aromatic carbocycles. The molecule has 3 heterocycles. The summed E-state index contributed by atoms with van der Waals surface area (Å²) in [5.41, 5.74) is 2.01. The van der Waals surface area contributed by atoms with Crippen molar-refractivity contribution in [1.82, 2.24) is 30.3 Å². The Morgan fingerprint density at radius 1 is 1.00 bits per heavy atom.